The van der Waals surface area contributed by atoms with Crippen molar-refractivity contribution in [2.24, 2.45) is 11.8 Å². The number of hydrogen-bond donors (Lipinski definition) is 1. The van der Waals surface area contributed by atoms with Crippen LogP contribution in [0.25, 0.3) is 0 Å². The maximum Gasteiger partial charge on any atom is 0.152 e. The Morgan fingerprint density at radius 1 is 0.943 bits per heavy atom. The van der Waals surface area contributed by atoms with E-state index >= 15 is 0 Å². The smallest absolute Gasteiger partial charge is 0.152 e. The first-order valence-corrected chi connectivity index (χ1v) is 15.3. The summed E-state index contributed by atoms with van der Waals surface area (Å²) < 4.78 is 24.4. The second-order valence-electron chi connectivity index (χ2n) is 11.0. The fourth-order valence-corrected chi connectivity index (χ4v) is 7.14. The minimum absolute atomic E-state index is 0.261. The van der Waals surface area contributed by atoms with Gasteiger partial charge in [-0.25, -0.2) is 8.42 Å². The molecule has 192 valence electrons. The lowest BCUT2D eigenvalue weighted by Crippen LogP contribution is -2.42. The molecule has 0 bridgehead atoms. The molecule has 0 aromatic heterocycles. The van der Waals surface area contributed by atoms with Crippen LogP contribution in [0.2, 0.25) is 5.02 Å². The normalized spacial score (nSPS) is 22.9. The van der Waals surface area contributed by atoms with Crippen LogP contribution in [0, 0.1) is 11.8 Å². The van der Waals surface area contributed by atoms with Gasteiger partial charge in [-0.2, -0.15) is 0 Å². The van der Waals surface area contributed by atoms with Gasteiger partial charge in [-0.1, -0.05) is 48.7 Å². The van der Waals surface area contributed by atoms with Gasteiger partial charge in [0.05, 0.1) is 16.6 Å². The number of aryl methyl sites for hydroxylation is 1. The SMILES string of the molecule is CC(C)S(=O)(=O)CC1CCC(CCc2ccc(N3CCC(O)(c4ccc(Cl)cc4)CC3)cc2)CC1. The van der Waals surface area contributed by atoms with Crippen LogP contribution < -0.4 is 4.90 Å². The number of nitrogens with zero attached hydrogens (tertiary/aromatic N) is 1. The molecule has 6 heteroatoms. The molecule has 2 aliphatic rings. The van der Waals surface area contributed by atoms with Crippen molar-refractivity contribution in [3.05, 3.63) is 64.7 Å². The summed E-state index contributed by atoms with van der Waals surface area (Å²) in [4.78, 5) is 2.36. The number of halogens is 1. The molecule has 2 aromatic carbocycles. The van der Waals surface area contributed by atoms with Crippen LogP contribution in [-0.4, -0.2) is 37.6 Å². The molecular weight excluding hydrogens is 478 g/mol. The molecule has 35 heavy (non-hydrogen) atoms. The summed E-state index contributed by atoms with van der Waals surface area (Å²) in [5.41, 5.74) is 2.76. The molecule has 0 unspecified atom stereocenters. The number of anilines is 1. The topological polar surface area (TPSA) is 57.6 Å². The molecular formula is C29H40ClNO3S. The standard InChI is InChI=1S/C29H40ClNO3S/c1-22(2)35(33,34)21-25-7-5-23(6-8-25)3-4-24-9-15-28(16-10-24)31-19-17-29(32,18-20-31)26-11-13-27(30)14-12-26/h9-16,22-23,25,32H,3-8,17-21H2,1-2H3. The molecule has 0 amide bonds. The van der Waals surface area contributed by atoms with Crippen molar-refractivity contribution < 1.29 is 13.5 Å². The summed E-state index contributed by atoms with van der Waals surface area (Å²) in [7, 11) is -2.93. The lowest BCUT2D eigenvalue weighted by Gasteiger charge is -2.39. The van der Waals surface area contributed by atoms with E-state index < -0.39 is 15.4 Å². The summed E-state index contributed by atoms with van der Waals surface area (Å²) in [5.74, 6) is 1.42. The van der Waals surface area contributed by atoms with Crippen molar-refractivity contribution >= 4 is 27.1 Å². The summed E-state index contributed by atoms with van der Waals surface area (Å²) >= 11 is 6.00. The summed E-state index contributed by atoms with van der Waals surface area (Å²) in [6, 6.07) is 16.5. The third-order valence-electron chi connectivity index (χ3n) is 8.27. The third-order valence-corrected chi connectivity index (χ3v) is 10.9. The molecule has 1 aliphatic heterocycles. The number of rotatable bonds is 8. The van der Waals surface area contributed by atoms with Gasteiger partial charge in [-0.3, -0.25) is 0 Å². The van der Waals surface area contributed by atoms with Gasteiger partial charge in [0.1, 0.15) is 0 Å². The minimum Gasteiger partial charge on any atom is -0.385 e. The molecule has 0 radical (unpaired) electrons. The Balaban J connectivity index is 1.22. The molecule has 1 heterocycles. The third kappa shape index (κ3) is 6.81. The monoisotopic (exact) mass is 517 g/mol. The van der Waals surface area contributed by atoms with Crippen LogP contribution in [0.5, 0.6) is 0 Å². The predicted octanol–water partition coefficient (Wildman–Crippen LogP) is 6.39. The largest absolute Gasteiger partial charge is 0.385 e. The Hall–Kier alpha value is -1.56. The summed E-state index contributed by atoms with van der Waals surface area (Å²) in [6.07, 6.45) is 8.08. The Kier molecular flexibility index (Phi) is 8.50. The van der Waals surface area contributed by atoms with Crippen molar-refractivity contribution in [3.8, 4) is 0 Å². The highest BCUT2D eigenvalue weighted by Gasteiger charge is 2.34. The average Bonchev–Trinajstić information content (AvgIpc) is 2.84. The molecule has 1 N–H and O–H groups in total. The van der Waals surface area contributed by atoms with E-state index in [0.29, 0.717) is 35.5 Å². The molecule has 4 nitrogen and oxygen atoms in total. The Morgan fingerprint density at radius 2 is 1.51 bits per heavy atom. The van der Waals surface area contributed by atoms with Gasteiger partial charge in [0, 0.05) is 23.8 Å². The molecule has 1 saturated carbocycles. The maximum atomic E-state index is 12.2. The van der Waals surface area contributed by atoms with Gasteiger partial charge < -0.3 is 10.0 Å². The maximum absolute atomic E-state index is 12.2. The highest BCUT2D eigenvalue weighted by atomic mass is 35.5. The number of sulfone groups is 1. The lowest BCUT2D eigenvalue weighted by molar-refractivity contribution is 0.0118. The molecule has 2 aromatic rings. The van der Waals surface area contributed by atoms with Gasteiger partial charge >= 0.3 is 0 Å². The number of benzene rings is 2. The number of aliphatic hydroxyl groups is 1. The van der Waals surface area contributed by atoms with Crippen molar-refractivity contribution in [2.75, 3.05) is 23.7 Å². The van der Waals surface area contributed by atoms with Crippen molar-refractivity contribution in [1.29, 1.82) is 0 Å². The highest BCUT2D eigenvalue weighted by molar-refractivity contribution is 7.91. The van der Waals surface area contributed by atoms with E-state index in [1.165, 1.54) is 17.7 Å². The molecule has 2 fully saturated rings. The van der Waals surface area contributed by atoms with E-state index in [1.807, 2.05) is 24.3 Å². The van der Waals surface area contributed by atoms with E-state index in [0.717, 1.165) is 50.8 Å². The first kappa shape index (κ1) is 26.5. The molecule has 0 spiro atoms. The fourth-order valence-electron chi connectivity index (χ4n) is 5.64. The summed E-state index contributed by atoms with van der Waals surface area (Å²) in [5, 5.41) is 11.6. The first-order valence-electron chi connectivity index (χ1n) is 13.2. The Morgan fingerprint density at radius 3 is 2.09 bits per heavy atom. The molecule has 4 rings (SSSR count). The van der Waals surface area contributed by atoms with Gasteiger partial charge in [0.2, 0.25) is 0 Å². The van der Waals surface area contributed by atoms with Crippen LogP contribution in [0.4, 0.5) is 5.69 Å². The quantitative estimate of drug-likeness (QED) is 0.440. The lowest BCUT2D eigenvalue weighted by atomic mass is 9.80. The van der Waals surface area contributed by atoms with Gasteiger partial charge in [0.25, 0.3) is 0 Å². The van der Waals surface area contributed by atoms with Gasteiger partial charge in [-0.15, -0.1) is 0 Å². The zero-order chi connectivity index (χ0) is 25.1. The minimum atomic E-state index is -2.93. The van der Waals surface area contributed by atoms with Gasteiger partial charge in [0.15, 0.2) is 9.84 Å². The highest BCUT2D eigenvalue weighted by Crippen LogP contribution is 2.36. The van der Waals surface area contributed by atoms with Crippen molar-refractivity contribution in [2.45, 2.75) is 76.1 Å². The fraction of sp³-hybridized carbons (Fsp3) is 0.586. The van der Waals surface area contributed by atoms with Crippen LogP contribution >= 0.6 is 11.6 Å². The van der Waals surface area contributed by atoms with Crippen molar-refractivity contribution in [1.82, 2.24) is 0 Å². The summed E-state index contributed by atoms with van der Waals surface area (Å²) in [6.45, 7) is 5.24. The zero-order valence-electron chi connectivity index (χ0n) is 21.1. The van der Waals surface area contributed by atoms with Crippen molar-refractivity contribution in [3.63, 3.8) is 0 Å². The zero-order valence-corrected chi connectivity index (χ0v) is 22.7. The van der Waals surface area contributed by atoms with Crippen LogP contribution in [0.3, 0.4) is 0 Å². The second kappa shape index (κ2) is 11.2. The van der Waals surface area contributed by atoms with Crippen LogP contribution in [-0.2, 0) is 21.9 Å². The van der Waals surface area contributed by atoms with Crippen LogP contribution in [0.15, 0.2) is 48.5 Å². The van der Waals surface area contributed by atoms with E-state index in [1.54, 1.807) is 13.8 Å². The average molecular weight is 518 g/mol. The predicted molar refractivity (Wildman–Crippen MR) is 146 cm³/mol. The van der Waals surface area contributed by atoms with E-state index in [4.69, 9.17) is 11.6 Å². The van der Waals surface area contributed by atoms with Gasteiger partial charge in [-0.05, 0) is 99.6 Å². The van der Waals surface area contributed by atoms with E-state index in [9.17, 15) is 13.5 Å². The van der Waals surface area contributed by atoms with E-state index in [-0.39, 0.29) is 5.25 Å². The Bertz CT molecular complexity index is 1050. The Labute approximate surface area is 216 Å². The second-order valence-corrected chi connectivity index (χ2v) is 14.0. The van der Waals surface area contributed by atoms with Crippen LogP contribution in [0.1, 0.15) is 69.9 Å². The molecule has 1 saturated heterocycles. The van der Waals surface area contributed by atoms with E-state index in [2.05, 4.69) is 29.2 Å². The molecule has 1 aliphatic carbocycles. The molecule has 0 atom stereocenters. The number of hydrogen-bond acceptors (Lipinski definition) is 4. The first-order chi connectivity index (χ1) is 16.6. The number of piperidine rings is 1.